The highest BCUT2D eigenvalue weighted by atomic mass is 19.1. The fraction of sp³-hybridized carbons (Fsp3) is 0.600. The third-order valence-electron chi connectivity index (χ3n) is 3.45. The number of rotatable bonds is 8. The molecule has 1 aromatic carbocycles. The largest absolute Gasteiger partial charge is 0.494 e. The zero-order valence-corrected chi connectivity index (χ0v) is 12.0. The molecule has 0 aliphatic carbocycles. The Hall–Kier alpha value is -1.13. The molecule has 0 unspecified atom stereocenters. The third-order valence-corrected chi connectivity index (χ3v) is 3.45. The van der Waals surface area contributed by atoms with Crippen LogP contribution in [0.4, 0.5) is 4.39 Å². The minimum absolute atomic E-state index is 0.120. The van der Waals surface area contributed by atoms with Crippen molar-refractivity contribution in [1.29, 1.82) is 0 Å². The van der Waals surface area contributed by atoms with E-state index in [1.165, 1.54) is 13.2 Å². The van der Waals surface area contributed by atoms with Crippen LogP contribution in [0.5, 0.6) is 5.75 Å². The molecular weight excluding hydrogens is 245 g/mol. The monoisotopic (exact) mass is 269 g/mol. The lowest BCUT2D eigenvalue weighted by Gasteiger charge is -2.29. The van der Waals surface area contributed by atoms with Gasteiger partial charge in [0.05, 0.1) is 13.7 Å². The Bertz CT molecular complexity index is 380. The molecule has 0 atom stereocenters. The molecule has 0 amide bonds. The molecule has 4 heteroatoms. The number of methoxy groups -OCH3 is 1. The van der Waals surface area contributed by atoms with Crippen LogP contribution < -0.4 is 4.74 Å². The second-order valence-corrected chi connectivity index (χ2v) is 4.63. The van der Waals surface area contributed by atoms with Crippen LogP contribution in [0, 0.1) is 5.82 Å². The predicted molar refractivity (Wildman–Crippen MR) is 74.8 cm³/mol. The molecule has 0 aromatic heterocycles. The zero-order chi connectivity index (χ0) is 14.3. The van der Waals surface area contributed by atoms with Crippen molar-refractivity contribution in [3.05, 3.63) is 29.6 Å². The number of halogens is 1. The molecule has 0 fully saturated rings. The molecule has 1 N–H and O–H groups in total. The summed E-state index contributed by atoms with van der Waals surface area (Å²) in [6.45, 7) is 5.64. The molecule has 1 aromatic rings. The minimum Gasteiger partial charge on any atom is -0.494 e. The maximum atomic E-state index is 13.7. The Morgan fingerprint density at radius 3 is 2.47 bits per heavy atom. The van der Waals surface area contributed by atoms with Crippen molar-refractivity contribution in [1.82, 2.24) is 4.90 Å². The van der Waals surface area contributed by atoms with Gasteiger partial charge in [-0.05, 0) is 30.5 Å². The van der Waals surface area contributed by atoms with Crippen LogP contribution in [0.25, 0.3) is 0 Å². The van der Waals surface area contributed by atoms with Gasteiger partial charge < -0.3 is 9.84 Å². The Kier molecular flexibility index (Phi) is 6.81. The lowest BCUT2D eigenvalue weighted by molar-refractivity contribution is 0.136. The van der Waals surface area contributed by atoms with Crippen LogP contribution in [0.1, 0.15) is 32.3 Å². The average Bonchev–Trinajstić information content (AvgIpc) is 2.40. The molecular formula is C15H24FNO2. The normalized spacial score (nSPS) is 11.3. The summed E-state index contributed by atoms with van der Waals surface area (Å²) in [6, 6.07) is 5.44. The number of aliphatic hydroxyl groups is 1. The molecule has 0 saturated heterocycles. The third kappa shape index (κ3) is 4.48. The summed E-state index contributed by atoms with van der Waals surface area (Å²) in [7, 11) is 1.46. The van der Waals surface area contributed by atoms with Crippen molar-refractivity contribution < 1.29 is 14.2 Å². The van der Waals surface area contributed by atoms with E-state index in [9.17, 15) is 4.39 Å². The van der Waals surface area contributed by atoms with E-state index in [0.717, 1.165) is 18.4 Å². The van der Waals surface area contributed by atoms with Gasteiger partial charge in [-0.3, -0.25) is 4.90 Å². The van der Waals surface area contributed by atoms with Crippen molar-refractivity contribution in [2.45, 2.75) is 39.3 Å². The molecule has 0 aliphatic heterocycles. The number of hydrogen-bond acceptors (Lipinski definition) is 3. The number of benzene rings is 1. The smallest absolute Gasteiger partial charge is 0.165 e. The highest BCUT2D eigenvalue weighted by Gasteiger charge is 2.15. The first kappa shape index (κ1) is 15.9. The molecule has 0 bridgehead atoms. The standard InChI is InChI=1S/C15H24FNO2/c1-4-13(5-2)17(8-9-18)11-12-6-7-15(19-3)14(16)10-12/h6-7,10,13,18H,4-5,8-9,11H2,1-3H3. The van der Waals surface area contributed by atoms with Gasteiger partial charge in [0, 0.05) is 19.1 Å². The summed E-state index contributed by atoms with van der Waals surface area (Å²) in [5, 5.41) is 9.16. The molecule has 0 aliphatic rings. The summed E-state index contributed by atoms with van der Waals surface area (Å²) in [5.41, 5.74) is 0.902. The van der Waals surface area contributed by atoms with Gasteiger partial charge in [0.15, 0.2) is 11.6 Å². The van der Waals surface area contributed by atoms with Gasteiger partial charge in [0.1, 0.15) is 0 Å². The highest BCUT2D eigenvalue weighted by Crippen LogP contribution is 2.20. The fourth-order valence-corrected chi connectivity index (χ4v) is 2.37. The second kappa shape index (κ2) is 8.12. The van der Waals surface area contributed by atoms with Crippen molar-refractivity contribution in [2.24, 2.45) is 0 Å². The van der Waals surface area contributed by atoms with Crippen molar-refractivity contribution in [3.63, 3.8) is 0 Å². The molecule has 19 heavy (non-hydrogen) atoms. The van der Waals surface area contributed by atoms with Gasteiger partial charge in [-0.25, -0.2) is 4.39 Å². The van der Waals surface area contributed by atoms with Crippen LogP contribution >= 0.6 is 0 Å². The van der Waals surface area contributed by atoms with Crippen molar-refractivity contribution in [2.75, 3.05) is 20.3 Å². The van der Waals surface area contributed by atoms with E-state index < -0.39 is 0 Å². The molecule has 0 spiro atoms. The minimum atomic E-state index is -0.339. The lowest BCUT2D eigenvalue weighted by atomic mass is 10.1. The first-order valence-corrected chi connectivity index (χ1v) is 6.83. The fourth-order valence-electron chi connectivity index (χ4n) is 2.37. The maximum Gasteiger partial charge on any atom is 0.165 e. The van der Waals surface area contributed by atoms with E-state index in [4.69, 9.17) is 9.84 Å². The lowest BCUT2D eigenvalue weighted by Crippen LogP contribution is -2.36. The Labute approximate surface area is 115 Å². The SMILES string of the molecule is CCC(CC)N(CCO)Cc1ccc(OC)c(F)c1. The summed E-state index contributed by atoms with van der Waals surface area (Å²) in [5.74, 6) is -0.0755. The van der Waals surface area contributed by atoms with Crippen LogP contribution in [-0.2, 0) is 6.54 Å². The topological polar surface area (TPSA) is 32.7 Å². The van der Waals surface area contributed by atoms with Gasteiger partial charge in [0.2, 0.25) is 0 Å². The quantitative estimate of drug-likeness (QED) is 0.787. The Balaban J connectivity index is 2.81. The number of hydrogen-bond donors (Lipinski definition) is 1. The highest BCUT2D eigenvalue weighted by molar-refractivity contribution is 5.29. The van der Waals surface area contributed by atoms with E-state index in [0.29, 0.717) is 19.1 Å². The summed E-state index contributed by atoms with van der Waals surface area (Å²) < 4.78 is 18.6. The first-order chi connectivity index (χ1) is 9.15. The van der Waals surface area contributed by atoms with Gasteiger partial charge in [-0.2, -0.15) is 0 Å². The summed E-state index contributed by atoms with van der Waals surface area (Å²) in [4.78, 5) is 2.20. The molecule has 1 rings (SSSR count). The Morgan fingerprint density at radius 2 is 2.00 bits per heavy atom. The van der Waals surface area contributed by atoms with Crippen molar-refractivity contribution >= 4 is 0 Å². The number of nitrogens with zero attached hydrogens (tertiary/aromatic N) is 1. The average molecular weight is 269 g/mol. The first-order valence-electron chi connectivity index (χ1n) is 6.83. The van der Waals surface area contributed by atoms with Crippen LogP contribution in [-0.4, -0.2) is 36.3 Å². The molecule has 0 saturated carbocycles. The van der Waals surface area contributed by atoms with Crippen LogP contribution in [0.2, 0.25) is 0 Å². The van der Waals surface area contributed by atoms with E-state index in [2.05, 4.69) is 18.7 Å². The van der Waals surface area contributed by atoms with Gasteiger partial charge in [-0.1, -0.05) is 19.9 Å². The zero-order valence-electron chi connectivity index (χ0n) is 12.0. The van der Waals surface area contributed by atoms with E-state index in [1.54, 1.807) is 6.07 Å². The van der Waals surface area contributed by atoms with Gasteiger partial charge in [0.25, 0.3) is 0 Å². The van der Waals surface area contributed by atoms with Crippen LogP contribution in [0.15, 0.2) is 18.2 Å². The van der Waals surface area contributed by atoms with Gasteiger partial charge >= 0.3 is 0 Å². The van der Waals surface area contributed by atoms with E-state index in [-0.39, 0.29) is 18.2 Å². The van der Waals surface area contributed by atoms with E-state index >= 15 is 0 Å². The maximum absolute atomic E-state index is 13.7. The summed E-state index contributed by atoms with van der Waals surface area (Å²) in [6.07, 6.45) is 2.05. The second-order valence-electron chi connectivity index (χ2n) is 4.63. The molecule has 0 radical (unpaired) electrons. The Morgan fingerprint density at radius 1 is 1.32 bits per heavy atom. The summed E-state index contributed by atoms with van der Waals surface area (Å²) >= 11 is 0. The molecule has 0 heterocycles. The number of ether oxygens (including phenoxy) is 1. The van der Waals surface area contributed by atoms with E-state index in [1.807, 2.05) is 6.07 Å². The van der Waals surface area contributed by atoms with Gasteiger partial charge in [-0.15, -0.1) is 0 Å². The predicted octanol–water partition coefficient (Wildman–Crippen LogP) is 2.82. The van der Waals surface area contributed by atoms with Crippen molar-refractivity contribution in [3.8, 4) is 5.75 Å². The molecule has 108 valence electrons. The number of aliphatic hydroxyl groups excluding tert-OH is 1. The molecule has 3 nitrogen and oxygen atoms in total. The van der Waals surface area contributed by atoms with Crippen LogP contribution in [0.3, 0.4) is 0 Å².